The molecule has 1 aliphatic heterocycles. The molecule has 8 heteroatoms. The molecule has 1 amide bonds. The number of nitrogens with zero attached hydrogens (tertiary/aromatic N) is 2. The molecule has 3 aromatic rings. The molecule has 1 atom stereocenters. The number of imidazole rings is 1. The molecule has 2 N–H and O–H groups in total. The second kappa shape index (κ2) is 9.25. The van der Waals surface area contributed by atoms with Crippen molar-refractivity contribution in [2.45, 2.75) is 25.7 Å². The van der Waals surface area contributed by atoms with Gasteiger partial charge in [0, 0.05) is 23.8 Å². The molecule has 1 saturated heterocycles. The minimum Gasteiger partial charge on any atom is -0.378 e. The van der Waals surface area contributed by atoms with Crippen LogP contribution in [-0.2, 0) is 9.53 Å². The Morgan fingerprint density at radius 3 is 2.77 bits per heavy atom. The maximum atomic E-state index is 13.1. The summed E-state index contributed by atoms with van der Waals surface area (Å²) in [5, 5.41) is 4.24. The number of carbonyl (C=O) groups excluding carboxylic acids is 1. The summed E-state index contributed by atoms with van der Waals surface area (Å²) in [5.74, 6) is 0.138. The summed E-state index contributed by atoms with van der Waals surface area (Å²) in [4.78, 5) is 23.1. The van der Waals surface area contributed by atoms with E-state index < -0.39 is 0 Å². The van der Waals surface area contributed by atoms with Gasteiger partial charge in [0.1, 0.15) is 5.82 Å². The van der Waals surface area contributed by atoms with E-state index in [9.17, 15) is 4.79 Å². The maximum Gasteiger partial charge on any atom is 0.235 e. The van der Waals surface area contributed by atoms with Gasteiger partial charge in [-0.1, -0.05) is 36.5 Å². The van der Waals surface area contributed by atoms with Crippen LogP contribution < -0.4 is 10.2 Å². The Kier molecular flexibility index (Phi) is 6.46. The number of nitrogens with one attached hydrogen (secondary N) is 2. The summed E-state index contributed by atoms with van der Waals surface area (Å²) in [7, 11) is 0. The van der Waals surface area contributed by atoms with Gasteiger partial charge in [0.2, 0.25) is 5.91 Å². The Balaban J connectivity index is 1.53. The van der Waals surface area contributed by atoms with E-state index in [2.05, 4.69) is 20.2 Å². The van der Waals surface area contributed by atoms with E-state index in [4.69, 9.17) is 27.9 Å². The number of H-pyrrole nitrogens is 1. The lowest BCUT2D eigenvalue weighted by molar-refractivity contribution is -0.117. The minimum absolute atomic E-state index is 0.114. The van der Waals surface area contributed by atoms with Crippen LogP contribution in [0.15, 0.2) is 36.4 Å². The van der Waals surface area contributed by atoms with Crippen molar-refractivity contribution in [3.05, 3.63) is 52.3 Å². The number of aromatic nitrogens is 2. The second-order valence-electron chi connectivity index (χ2n) is 7.38. The van der Waals surface area contributed by atoms with Gasteiger partial charge < -0.3 is 19.9 Å². The fraction of sp³-hybridized carbons (Fsp3) is 0.364. The number of ether oxygens (including phenoxy) is 1. The molecule has 2 aromatic carbocycles. The first-order valence-corrected chi connectivity index (χ1v) is 10.9. The average Bonchev–Trinajstić information content (AvgIpc) is 3.15. The molecule has 1 aromatic heterocycles. The summed E-state index contributed by atoms with van der Waals surface area (Å²) < 4.78 is 5.40. The van der Waals surface area contributed by atoms with Crippen LogP contribution >= 0.6 is 23.2 Å². The summed E-state index contributed by atoms with van der Waals surface area (Å²) in [5.41, 5.74) is 3.24. The summed E-state index contributed by atoms with van der Waals surface area (Å²) >= 11 is 12.6. The van der Waals surface area contributed by atoms with Gasteiger partial charge in [-0.25, -0.2) is 4.98 Å². The van der Waals surface area contributed by atoms with Crippen LogP contribution in [0, 0.1) is 0 Å². The van der Waals surface area contributed by atoms with E-state index in [-0.39, 0.29) is 11.8 Å². The fourth-order valence-corrected chi connectivity index (χ4v) is 4.19. The van der Waals surface area contributed by atoms with Gasteiger partial charge in [-0.2, -0.15) is 0 Å². The summed E-state index contributed by atoms with van der Waals surface area (Å²) in [6, 6.07) is 11.1. The van der Waals surface area contributed by atoms with Crippen molar-refractivity contribution in [2.24, 2.45) is 0 Å². The van der Waals surface area contributed by atoms with Crippen LogP contribution in [0.25, 0.3) is 11.0 Å². The molecule has 6 nitrogen and oxygen atoms in total. The van der Waals surface area contributed by atoms with Crippen LogP contribution in [0.5, 0.6) is 0 Å². The fourth-order valence-electron chi connectivity index (χ4n) is 3.72. The first kappa shape index (κ1) is 21.0. The maximum absolute atomic E-state index is 13.1. The monoisotopic (exact) mass is 446 g/mol. The second-order valence-corrected chi connectivity index (χ2v) is 8.22. The van der Waals surface area contributed by atoms with Gasteiger partial charge >= 0.3 is 0 Å². The molecule has 0 saturated carbocycles. The molecule has 1 fully saturated rings. The van der Waals surface area contributed by atoms with E-state index in [0.29, 0.717) is 41.2 Å². The largest absolute Gasteiger partial charge is 0.378 e. The van der Waals surface area contributed by atoms with Gasteiger partial charge in [0.05, 0.1) is 40.9 Å². The zero-order chi connectivity index (χ0) is 21.1. The highest BCUT2D eigenvalue weighted by molar-refractivity contribution is 6.33. The quantitative estimate of drug-likeness (QED) is 0.543. The number of fused-ring (bicyclic) bond motifs is 1. The molecular weight excluding hydrogens is 423 g/mol. The summed E-state index contributed by atoms with van der Waals surface area (Å²) in [6.07, 6.45) is 1.53. The number of hydrogen-bond acceptors (Lipinski definition) is 4. The number of amides is 1. The highest BCUT2D eigenvalue weighted by Gasteiger charge is 2.24. The molecule has 0 aliphatic carbocycles. The minimum atomic E-state index is -0.390. The molecule has 0 radical (unpaired) electrons. The van der Waals surface area contributed by atoms with E-state index in [1.54, 1.807) is 12.1 Å². The smallest absolute Gasteiger partial charge is 0.235 e. The number of hydrogen-bond donors (Lipinski definition) is 2. The van der Waals surface area contributed by atoms with Crippen LogP contribution in [0.4, 0.5) is 11.4 Å². The van der Waals surface area contributed by atoms with Gasteiger partial charge in [-0.05, 0) is 42.8 Å². The summed E-state index contributed by atoms with van der Waals surface area (Å²) in [6.45, 7) is 5.04. The van der Waals surface area contributed by atoms with Crippen LogP contribution in [0.2, 0.25) is 10.0 Å². The van der Waals surface area contributed by atoms with E-state index in [1.165, 1.54) is 0 Å². The number of carbonyl (C=O) groups is 1. The van der Waals surface area contributed by atoms with Crippen molar-refractivity contribution in [3.63, 3.8) is 0 Å². The first-order chi connectivity index (χ1) is 14.5. The molecule has 0 bridgehead atoms. The standard InChI is InChI=1S/C22H24Cl2N4O2/c1-2-3-16(21-26-18-6-4-14(23)12-19(18)27-21)22(29)25-15-5-7-20(17(24)13-15)28-8-10-30-11-9-28/h4-7,12-13,16H,2-3,8-11H2,1H3,(H,25,29)(H,26,27). The number of aromatic amines is 1. The van der Waals surface area contributed by atoms with Crippen molar-refractivity contribution in [1.82, 2.24) is 9.97 Å². The van der Waals surface area contributed by atoms with Gasteiger partial charge in [0.15, 0.2) is 0 Å². The average molecular weight is 447 g/mol. The van der Waals surface area contributed by atoms with Crippen LogP contribution in [0.1, 0.15) is 31.5 Å². The third kappa shape index (κ3) is 4.56. The molecule has 0 spiro atoms. The highest BCUT2D eigenvalue weighted by Crippen LogP contribution is 2.31. The third-order valence-corrected chi connectivity index (χ3v) is 5.79. The molecule has 2 heterocycles. The Bertz CT molecular complexity index is 1050. The Labute approximate surface area is 185 Å². The molecular formula is C22H24Cl2N4O2. The predicted molar refractivity (Wildman–Crippen MR) is 122 cm³/mol. The number of rotatable bonds is 6. The number of halogens is 2. The lowest BCUT2D eigenvalue weighted by Crippen LogP contribution is -2.36. The lowest BCUT2D eigenvalue weighted by Gasteiger charge is -2.29. The third-order valence-electron chi connectivity index (χ3n) is 5.25. The molecule has 1 aliphatic rings. The lowest BCUT2D eigenvalue weighted by atomic mass is 10.0. The molecule has 4 rings (SSSR count). The Hall–Kier alpha value is -2.28. The Morgan fingerprint density at radius 1 is 1.23 bits per heavy atom. The zero-order valence-electron chi connectivity index (χ0n) is 16.8. The number of morpholine rings is 1. The number of anilines is 2. The van der Waals surface area contributed by atoms with Crippen molar-refractivity contribution in [1.29, 1.82) is 0 Å². The topological polar surface area (TPSA) is 70.2 Å². The van der Waals surface area contributed by atoms with Crippen molar-refractivity contribution >= 4 is 51.5 Å². The highest BCUT2D eigenvalue weighted by atomic mass is 35.5. The molecule has 30 heavy (non-hydrogen) atoms. The molecule has 158 valence electrons. The van der Waals surface area contributed by atoms with Crippen molar-refractivity contribution in [3.8, 4) is 0 Å². The molecule has 1 unspecified atom stereocenters. The van der Waals surface area contributed by atoms with Gasteiger partial charge in [-0.3, -0.25) is 4.79 Å². The van der Waals surface area contributed by atoms with Crippen molar-refractivity contribution in [2.75, 3.05) is 36.5 Å². The van der Waals surface area contributed by atoms with E-state index in [1.807, 2.05) is 31.2 Å². The Morgan fingerprint density at radius 2 is 2.03 bits per heavy atom. The number of benzene rings is 2. The predicted octanol–water partition coefficient (Wildman–Crippen LogP) is 5.23. The first-order valence-electron chi connectivity index (χ1n) is 10.1. The zero-order valence-corrected chi connectivity index (χ0v) is 18.3. The van der Waals surface area contributed by atoms with E-state index in [0.717, 1.165) is 36.2 Å². The van der Waals surface area contributed by atoms with Gasteiger partial charge in [0.25, 0.3) is 0 Å². The van der Waals surface area contributed by atoms with Crippen molar-refractivity contribution < 1.29 is 9.53 Å². The van der Waals surface area contributed by atoms with Crippen LogP contribution in [0.3, 0.4) is 0 Å². The van der Waals surface area contributed by atoms with E-state index >= 15 is 0 Å². The SMILES string of the molecule is CCCC(C(=O)Nc1ccc(N2CCOCC2)c(Cl)c1)c1nc2ccc(Cl)cc2[nH]1. The van der Waals surface area contributed by atoms with Gasteiger partial charge in [-0.15, -0.1) is 0 Å². The van der Waals surface area contributed by atoms with Crippen LogP contribution in [-0.4, -0.2) is 42.2 Å². The normalized spacial score (nSPS) is 15.4.